The molecule has 3 aromatic heterocycles. The Kier molecular flexibility index (Phi) is 1.49. The number of nitrogens with zero attached hydrogens (tertiary/aromatic N) is 4. The van der Waals surface area contributed by atoms with Crippen LogP contribution in [0.4, 0.5) is 6.01 Å². The first-order valence-corrected chi connectivity index (χ1v) is 4.35. The molecule has 0 aromatic carbocycles. The smallest absolute Gasteiger partial charge is 0.292 e. The summed E-state index contributed by atoms with van der Waals surface area (Å²) < 4.78 is 6.82. The van der Waals surface area contributed by atoms with Crippen molar-refractivity contribution in [2.75, 3.05) is 5.73 Å². The summed E-state index contributed by atoms with van der Waals surface area (Å²) in [6.45, 7) is 0. The second kappa shape index (κ2) is 2.81. The van der Waals surface area contributed by atoms with Gasteiger partial charge in [0, 0.05) is 18.5 Å². The topological polar surface area (TPSA) is 82.2 Å². The maximum absolute atomic E-state index is 5.38. The first-order chi connectivity index (χ1) is 7.33. The highest BCUT2D eigenvalue weighted by atomic mass is 16.4. The monoisotopic (exact) mass is 201 g/mol. The molecule has 0 aliphatic heterocycles. The average Bonchev–Trinajstić information content (AvgIpc) is 2.82. The van der Waals surface area contributed by atoms with E-state index in [2.05, 4.69) is 15.1 Å². The summed E-state index contributed by atoms with van der Waals surface area (Å²) in [6.07, 6.45) is 5.05. The minimum atomic E-state index is 0.134. The van der Waals surface area contributed by atoms with Gasteiger partial charge in [0.05, 0.1) is 6.20 Å². The van der Waals surface area contributed by atoms with Gasteiger partial charge in [-0.05, 0) is 6.07 Å². The Bertz CT molecular complexity index is 579. The van der Waals surface area contributed by atoms with E-state index in [0.717, 1.165) is 5.65 Å². The molecule has 0 radical (unpaired) electrons. The van der Waals surface area contributed by atoms with E-state index in [1.165, 1.54) is 6.20 Å². The third-order valence-corrected chi connectivity index (χ3v) is 2.01. The molecule has 0 saturated heterocycles. The Morgan fingerprint density at radius 1 is 1.33 bits per heavy atom. The number of oxazole rings is 1. The van der Waals surface area contributed by atoms with Crippen LogP contribution in [0.3, 0.4) is 0 Å². The predicted molar refractivity (Wildman–Crippen MR) is 52.9 cm³/mol. The summed E-state index contributed by atoms with van der Waals surface area (Å²) in [5.41, 5.74) is 6.80. The standard InChI is InChI=1S/C9H7N5O/c10-9-12-5-7(15-9)6-4-8-11-2-1-3-14(8)13-6/h1-5H,(H2,10,12). The lowest BCUT2D eigenvalue weighted by Gasteiger charge is -1.87. The third kappa shape index (κ3) is 1.23. The van der Waals surface area contributed by atoms with Gasteiger partial charge >= 0.3 is 0 Å². The van der Waals surface area contributed by atoms with Crippen molar-refractivity contribution in [3.8, 4) is 11.5 Å². The lowest BCUT2D eigenvalue weighted by Crippen LogP contribution is -1.86. The van der Waals surface area contributed by atoms with Gasteiger partial charge < -0.3 is 10.2 Å². The van der Waals surface area contributed by atoms with Crippen LogP contribution in [0.25, 0.3) is 17.1 Å². The van der Waals surface area contributed by atoms with Gasteiger partial charge in [0.25, 0.3) is 6.01 Å². The molecular formula is C9H7N5O. The molecular weight excluding hydrogens is 194 g/mol. The summed E-state index contributed by atoms with van der Waals surface area (Å²) >= 11 is 0. The first-order valence-electron chi connectivity index (χ1n) is 4.35. The van der Waals surface area contributed by atoms with E-state index < -0.39 is 0 Å². The summed E-state index contributed by atoms with van der Waals surface area (Å²) in [5.74, 6) is 0.540. The molecule has 3 heterocycles. The van der Waals surface area contributed by atoms with E-state index >= 15 is 0 Å². The van der Waals surface area contributed by atoms with Crippen molar-refractivity contribution in [2.45, 2.75) is 0 Å². The largest absolute Gasteiger partial charge is 0.422 e. The van der Waals surface area contributed by atoms with E-state index in [0.29, 0.717) is 11.5 Å². The summed E-state index contributed by atoms with van der Waals surface area (Å²) in [5, 5.41) is 4.26. The molecule has 0 aliphatic carbocycles. The zero-order valence-electron chi connectivity index (χ0n) is 7.66. The van der Waals surface area contributed by atoms with Crippen LogP contribution in [-0.2, 0) is 0 Å². The van der Waals surface area contributed by atoms with Gasteiger partial charge in [-0.25, -0.2) is 14.5 Å². The van der Waals surface area contributed by atoms with E-state index in [1.54, 1.807) is 22.8 Å². The lowest BCUT2D eigenvalue weighted by molar-refractivity contribution is 0.592. The van der Waals surface area contributed by atoms with Crippen LogP contribution in [0.15, 0.2) is 35.1 Å². The zero-order chi connectivity index (χ0) is 10.3. The third-order valence-electron chi connectivity index (χ3n) is 2.01. The Morgan fingerprint density at radius 3 is 3.00 bits per heavy atom. The fourth-order valence-corrected chi connectivity index (χ4v) is 1.36. The van der Waals surface area contributed by atoms with Crippen LogP contribution in [0.2, 0.25) is 0 Å². The number of rotatable bonds is 1. The molecule has 6 heteroatoms. The second-order valence-corrected chi connectivity index (χ2v) is 3.01. The molecule has 3 aromatic rings. The van der Waals surface area contributed by atoms with Crippen LogP contribution in [-0.4, -0.2) is 19.6 Å². The molecule has 74 valence electrons. The van der Waals surface area contributed by atoms with E-state index in [-0.39, 0.29) is 6.01 Å². The maximum Gasteiger partial charge on any atom is 0.292 e. The number of nitrogens with two attached hydrogens (primary N) is 1. The number of aromatic nitrogens is 4. The van der Waals surface area contributed by atoms with E-state index in [4.69, 9.17) is 10.2 Å². The highest BCUT2D eigenvalue weighted by Crippen LogP contribution is 2.20. The van der Waals surface area contributed by atoms with Crippen LogP contribution < -0.4 is 5.73 Å². The SMILES string of the molecule is Nc1ncc(-c2cc3ncccn3n2)o1. The Balaban J connectivity index is 2.19. The van der Waals surface area contributed by atoms with Crippen LogP contribution in [0.5, 0.6) is 0 Å². The number of anilines is 1. The van der Waals surface area contributed by atoms with Crippen molar-refractivity contribution in [3.63, 3.8) is 0 Å². The molecule has 15 heavy (non-hydrogen) atoms. The molecule has 0 spiro atoms. The highest BCUT2D eigenvalue weighted by molar-refractivity contribution is 5.58. The minimum Gasteiger partial charge on any atom is -0.422 e. The van der Waals surface area contributed by atoms with Gasteiger partial charge in [-0.2, -0.15) is 5.10 Å². The lowest BCUT2D eigenvalue weighted by atomic mass is 10.3. The number of hydrogen-bond donors (Lipinski definition) is 1. The van der Waals surface area contributed by atoms with Crippen LogP contribution in [0.1, 0.15) is 0 Å². The average molecular weight is 201 g/mol. The van der Waals surface area contributed by atoms with Crippen molar-refractivity contribution in [3.05, 3.63) is 30.7 Å². The first kappa shape index (κ1) is 7.98. The highest BCUT2D eigenvalue weighted by Gasteiger charge is 2.08. The van der Waals surface area contributed by atoms with Crippen molar-refractivity contribution in [2.24, 2.45) is 0 Å². The molecule has 3 rings (SSSR count). The van der Waals surface area contributed by atoms with Gasteiger partial charge in [-0.15, -0.1) is 0 Å². The number of fused-ring (bicyclic) bond motifs is 1. The second-order valence-electron chi connectivity index (χ2n) is 3.01. The Hall–Kier alpha value is -2.37. The molecule has 6 nitrogen and oxygen atoms in total. The molecule has 0 aliphatic rings. The fraction of sp³-hybridized carbons (Fsp3) is 0. The van der Waals surface area contributed by atoms with E-state index in [1.807, 2.05) is 6.20 Å². The van der Waals surface area contributed by atoms with Crippen molar-refractivity contribution < 1.29 is 4.42 Å². The van der Waals surface area contributed by atoms with Crippen molar-refractivity contribution in [1.29, 1.82) is 0 Å². The summed E-state index contributed by atoms with van der Waals surface area (Å²) in [4.78, 5) is 7.95. The molecule has 0 bridgehead atoms. The molecule has 0 amide bonds. The summed E-state index contributed by atoms with van der Waals surface area (Å²) in [7, 11) is 0. The number of hydrogen-bond acceptors (Lipinski definition) is 5. The van der Waals surface area contributed by atoms with E-state index in [9.17, 15) is 0 Å². The van der Waals surface area contributed by atoms with Gasteiger partial charge in [-0.1, -0.05) is 0 Å². The normalized spacial score (nSPS) is 10.9. The molecule has 0 saturated carbocycles. The molecule has 2 N–H and O–H groups in total. The van der Waals surface area contributed by atoms with Crippen molar-refractivity contribution in [1.82, 2.24) is 19.6 Å². The van der Waals surface area contributed by atoms with Crippen LogP contribution in [0, 0.1) is 0 Å². The summed E-state index contributed by atoms with van der Waals surface area (Å²) in [6, 6.07) is 3.74. The quantitative estimate of drug-likeness (QED) is 0.634. The van der Waals surface area contributed by atoms with Crippen molar-refractivity contribution >= 4 is 11.7 Å². The van der Waals surface area contributed by atoms with Gasteiger partial charge in [0.2, 0.25) is 0 Å². The minimum absolute atomic E-state index is 0.134. The maximum atomic E-state index is 5.38. The predicted octanol–water partition coefficient (Wildman–Crippen LogP) is 0.966. The van der Waals surface area contributed by atoms with Gasteiger partial charge in [-0.3, -0.25) is 0 Å². The molecule has 0 unspecified atom stereocenters. The van der Waals surface area contributed by atoms with Gasteiger partial charge in [0.15, 0.2) is 11.4 Å². The zero-order valence-corrected chi connectivity index (χ0v) is 7.66. The van der Waals surface area contributed by atoms with Gasteiger partial charge in [0.1, 0.15) is 5.69 Å². The molecule has 0 atom stereocenters. The fourth-order valence-electron chi connectivity index (χ4n) is 1.36. The Morgan fingerprint density at radius 2 is 2.27 bits per heavy atom. The molecule has 0 fully saturated rings. The Labute approximate surface area is 84.4 Å². The van der Waals surface area contributed by atoms with Crippen LogP contribution >= 0.6 is 0 Å². The number of nitrogen functional groups attached to an aromatic ring is 1.